The van der Waals surface area contributed by atoms with Crippen molar-refractivity contribution in [3.63, 3.8) is 0 Å². The minimum Gasteiger partial charge on any atom is -0.478 e. The molecular weight excluding hydrogens is 226 g/mol. The quantitative estimate of drug-likeness (QED) is 0.840. The summed E-state index contributed by atoms with van der Waals surface area (Å²) in [6, 6.07) is 4.52. The van der Waals surface area contributed by atoms with Gasteiger partial charge in [0, 0.05) is 31.0 Å². The van der Waals surface area contributed by atoms with Crippen LogP contribution in [-0.2, 0) is 0 Å². The molecule has 0 aliphatic carbocycles. The largest absolute Gasteiger partial charge is 0.478 e. The Balaban J connectivity index is 1.74. The van der Waals surface area contributed by atoms with Crippen molar-refractivity contribution in [2.45, 2.75) is 32.2 Å². The van der Waals surface area contributed by atoms with E-state index >= 15 is 0 Å². The highest BCUT2D eigenvalue weighted by Crippen LogP contribution is 2.20. The lowest BCUT2D eigenvalue weighted by Crippen LogP contribution is -2.36. The molecule has 1 aromatic rings. The summed E-state index contributed by atoms with van der Waals surface area (Å²) in [5, 5.41) is 6.56. The molecule has 18 heavy (non-hydrogen) atoms. The van der Waals surface area contributed by atoms with Gasteiger partial charge in [-0.2, -0.15) is 0 Å². The van der Waals surface area contributed by atoms with Crippen molar-refractivity contribution >= 4 is 5.69 Å². The van der Waals surface area contributed by atoms with E-state index in [-0.39, 0.29) is 0 Å². The highest BCUT2D eigenvalue weighted by Gasteiger charge is 2.17. The van der Waals surface area contributed by atoms with E-state index in [0.717, 1.165) is 31.2 Å². The van der Waals surface area contributed by atoms with E-state index < -0.39 is 0 Å². The molecule has 2 rings (SSSR count). The normalized spacial score (nSPS) is 23.7. The Labute approximate surface area is 109 Å². The summed E-state index contributed by atoms with van der Waals surface area (Å²) >= 11 is 0. The maximum atomic E-state index is 5.71. The average Bonchev–Trinajstić information content (AvgIpc) is 2.39. The second-order valence-corrected chi connectivity index (χ2v) is 5.02. The summed E-state index contributed by atoms with van der Waals surface area (Å²) in [4.78, 5) is 4.21. The molecule has 0 aromatic carbocycles. The van der Waals surface area contributed by atoms with Gasteiger partial charge in [-0.05, 0) is 44.7 Å². The van der Waals surface area contributed by atoms with Gasteiger partial charge in [0.15, 0.2) is 0 Å². The molecule has 1 aliphatic heterocycles. The second-order valence-electron chi connectivity index (χ2n) is 5.02. The predicted molar refractivity (Wildman–Crippen MR) is 74.1 cm³/mol. The van der Waals surface area contributed by atoms with Crippen LogP contribution in [0.1, 0.15) is 26.2 Å². The fraction of sp³-hybridized carbons (Fsp3) is 0.643. The fourth-order valence-corrected chi connectivity index (χ4v) is 2.47. The van der Waals surface area contributed by atoms with Gasteiger partial charge in [0.05, 0.1) is 6.61 Å². The molecule has 2 N–H and O–H groups in total. The molecule has 1 fully saturated rings. The van der Waals surface area contributed by atoms with E-state index in [1.807, 2.05) is 19.2 Å². The lowest BCUT2D eigenvalue weighted by atomic mass is 9.91. The van der Waals surface area contributed by atoms with Crippen molar-refractivity contribution < 1.29 is 4.74 Å². The molecule has 2 heterocycles. The fourth-order valence-electron chi connectivity index (χ4n) is 2.47. The number of hydrogen-bond acceptors (Lipinski definition) is 4. The summed E-state index contributed by atoms with van der Waals surface area (Å²) in [6.07, 6.45) is 5.41. The highest BCUT2D eigenvalue weighted by molar-refractivity contribution is 5.44. The van der Waals surface area contributed by atoms with Gasteiger partial charge < -0.3 is 15.4 Å². The number of pyridine rings is 1. The zero-order chi connectivity index (χ0) is 12.8. The van der Waals surface area contributed by atoms with Gasteiger partial charge >= 0.3 is 0 Å². The van der Waals surface area contributed by atoms with Crippen LogP contribution >= 0.6 is 0 Å². The summed E-state index contributed by atoms with van der Waals surface area (Å²) in [7, 11) is 1.90. The number of anilines is 1. The van der Waals surface area contributed by atoms with Gasteiger partial charge in [0.25, 0.3) is 0 Å². The SMILES string of the molecule is CNc1ccnc(OCCC2CCNC(C)C2)c1. The predicted octanol–water partition coefficient (Wildman–Crippen LogP) is 2.28. The van der Waals surface area contributed by atoms with Crippen LogP contribution < -0.4 is 15.4 Å². The molecule has 4 heteroatoms. The standard InChI is InChI=1S/C14H23N3O/c1-11-9-12(3-6-16-11)5-8-18-14-10-13(15-2)4-7-17-14/h4,7,10-12,16H,3,5-6,8-9H2,1-2H3,(H,15,17). The molecule has 4 nitrogen and oxygen atoms in total. The zero-order valence-electron chi connectivity index (χ0n) is 11.3. The number of rotatable bonds is 5. The zero-order valence-corrected chi connectivity index (χ0v) is 11.3. The molecule has 0 amide bonds. The van der Waals surface area contributed by atoms with E-state index in [9.17, 15) is 0 Å². The number of hydrogen-bond donors (Lipinski definition) is 2. The number of aromatic nitrogens is 1. The van der Waals surface area contributed by atoms with Crippen LogP contribution in [0.4, 0.5) is 5.69 Å². The minimum absolute atomic E-state index is 0.648. The molecule has 2 unspecified atom stereocenters. The Morgan fingerprint density at radius 3 is 3.22 bits per heavy atom. The summed E-state index contributed by atoms with van der Waals surface area (Å²) < 4.78 is 5.71. The van der Waals surface area contributed by atoms with Crippen molar-refractivity contribution in [3.05, 3.63) is 18.3 Å². The van der Waals surface area contributed by atoms with E-state index in [4.69, 9.17) is 4.74 Å². The topological polar surface area (TPSA) is 46.2 Å². The van der Waals surface area contributed by atoms with Crippen molar-refractivity contribution in [2.75, 3.05) is 25.5 Å². The number of nitrogens with one attached hydrogen (secondary N) is 2. The maximum absolute atomic E-state index is 5.71. The molecular formula is C14H23N3O. The van der Waals surface area contributed by atoms with E-state index in [1.54, 1.807) is 6.20 Å². The molecule has 2 atom stereocenters. The van der Waals surface area contributed by atoms with Gasteiger partial charge in [0.2, 0.25) is 5.88 Å². The third kappa shape index (κ3) is 3.88. The molecule has 0 radical (unpaired) electrons. The van der Waals surface area contributed by atoms with Crippen molar-refractivity contribution in [1.29, 1.82) is 0 Å². The Morgan fingerprint density at radius 2 is 2.44 bits per heavy atom. The third-order valence-corrected chi connectivity index (χ3v) is 3.53. The Bertz CT molecular complexity index is 370. The lowest BCUT2D eigenvalue weighted by Gasteiger charge is -2.27. The highest BCUT2D eigenvalue weighted by atomic mass is 16.5. The summed E-state index contributed by atoms with van der Waals surface area (Å²) in [5.74, 6) is 1.50. The molecule has 1 aliphatic rings. The van der Waals surface area contributed by atoms with Gasteiger partial charge in [-0.25, -0.2) is 4.98 Å². The van der Waals surface area contributed by atoms with E-state index in [0.29, 0.717) is 11.9 Å². The molecule has 100 valence electrons. The number of piperidine rings is 1. The Kier molecular flexibility index (Phi) is 4.81. The Hall–Kier alpha value is -1.29. The van der Waals surface area contributed by atoms with Gasteiger partial charge in [-0.1, -0.05) is 0 Å². The van der Waals surface area contributed by atoms with E-state index in [2.05, 4.69) is 22.5 Å². The van der Waals surface area contributed by atoms with Crippen molar-refractivity contribution in [1.82, 2.24) is 10.3 Å². The van der Waals surface area contributed by atoms with Crippen LogP contribution in [0.3, 0.4) is 0 Å². The minimum atomic E-state index is 0.648. The van der Waals surface area contributed by atoms with Crippen molar-refractivity contribution in [3.8, 4) is 5.88 Å². The van der Waals surface area contributed by atoms with Crippen LogP contribution in [0.2, 0.25) is 0 Å². The van der Waals surface area contributed by atoms with E-state index in [1.165, 1.54) is 12.8 Å². The second kappa shape index (κ2) is 6.59. The Morgan fingerprint density at radius 1 is 1.56 bits per heavy atom. The smallest absolute Gasteiger partial charge is 0.215 e. The van der Waals surface area contributed by atoms with Gasteiger partial charge in [-0.15, -0.1) is 0 Å². The maximum Gasteiger partial charge on any atom is 0.215 e. The molecule has 0 bridgehead atoms. The average molecular weight is 249 g/mol. The van der Waals surface area contributed by atoms with Crippen LogP contribution in [0.15, 0.2) is 18.3 Å². The molecule has 1 aromatic heterocycles. The monoisotopic (exact) mass is 249 g/mol. The number of nitrogens with zero attached hydrogens (tertiary/aromatic N) is 1. The molecule has 0 spiro atoms. The first-order chi connectivity index (χ1) is 8.78. The first kappa shape index (κ1) is 13.1. The van der Waals surface area contributed by atoms with Crippen LogP contribution in [0, 0.1) is 5.92 Å². The molecule has 1 saturated heterocycles. The van der Waals surface area contributed by atoms with Crippen LogP contribution in [-0.4, -0.2) is 31.2 Å². The summed E-state index contributed by atoms with van der Waals surface area (Å²) in [6.45, 7) is 4.15. The van der Waals surface area contributed by atoms with Gasteiger partial charge in [0.1, 0.15) is 0 Å². The third-order valence-electron chi connectivity index (χ3n) is 3.53. The number of ether oxygens (including phenoxy) is 1. The van der Waals surface area contributed by atoms with Crippen molar-refractivity contribution in [2.24, 2.45) is 5.92 Å². The summed E-state index contributed by atoms with van der Waals surface area (Å²) in [5.41, 5.74) is 1.04. The van der Waals surface area contributed by atoms with Crippen LogP contribution in [0.25, 0.3) is 0 Å². The van der Waals surface area contributed by atoms with Crippen LogP contribution in [0.5, 0.6) is 5.88 Å². The lowest BCUT2D eigenvalue weighted by molar-refractivity contribution is 0.229. The molecule has 0 saturated carbocycles. The first-order valence-corrected chi connectivity index (χ1v) is 6.78. The van der Waals surface area contributed by atoms with Gasteiger partial charge in [-0.3, -0.25) is 0 Å². The first-order valence-electron chi connectivity index (χ1n) is 6.78.